The van der Waals surface area contributed by atoms with Crippen LogP contribution in [0.5, 0.6) is 5.75 Å². The standard InChI is InChI=1S/C29H26F2N2O4/c1-19(36-25-12-6-20-7-13-27(34)37-26(20)18-25)29(35)33-16-14-32(15-17-33)28(21-2-8-23(30)9-3-21)22-4-10-24(31)11-5-22/h2-13,18-19,28H,14-17H2,1H3/t19-/m0/s1. The SMILES string of the molecule is C[C@H](Oc1ccc2ccc(=O)oc2c1)C(=O)N1CCN(C(c2ccc(F)cc2)c2ccc(F)cc2)CC1. The Bertz CT molecular complexity index is 1400. The molecule has 0 spiro atoms. The Morgan fingerprint density at radius 1 is 0.838 bits per heavy atom. The Balaban J connectivity index is 1.26. The summed E-state index contributed by atoms with van der Waals surface area (Å²) in [6, 6.07) is 20.6. The van der Waals surface area contributed by atoms with Crippen molar-refractivity contribution in [2.24, 2.45) is 0 Å². The second-order valence-electron chi connectivity index (χ2n) is 9.08. The van der Waals surface area contributed by atoms with Crippen molar-refractivity contribution < 1.29 is 22.7 Å². The summed E-state index contributed by atoms with van der Waals surface area (Å²) in [4.78, 5) is 28.6. The van der Waals surface area contributed by atoms with Crippen molar-refractivity contribution in [3.63, 3.8) is 0 Å². The van der Waals surface area contributed by atoms with Crippen LogP contribution in [-0.2, 0) is 4.79 Å². The number of halogens is 2. The first-order valence-corrected chi connectivity index (χ1v) is 12.1. The summed E-state index contributed by atoms with van der Waals surface area (Å²) in [5.74, 6) is -0.345. The molecule has 3 aromatic carbocycles. The predicted octanol–water partition coefficient (Wildman–Crippen LogP) is 4.77. The number of hydrogen-bond donors (Lipinski definition) is 0. The normalized spacial score (nSPS) is 15.2. The van der Waals surface area contributed by atoms with Gasteiger partial charge in [-0.15, -0.1) is 0 Å². The van der Waals surface area contributed by atoms with Gasteiger partial charge < -0.3 is 14.1 Å². The molecule has 2 heterocycles. The van der Waals surface area contributed by atoms with Gasteiger partial charge in [0, 0.05) is 43.7 Å². The number of benzene rings is 3. The second kappa shape index (κ2) is 10.5. The Morgan fingerprint density at radius 3 is 2.00 bits per heavy atom. The minimum atomic E-state index is -0.732. The van der Waals surface area contributed by atoms with Crippen molar-refractivity contribution in [3.05, 3.63) is 112 Å². The molecule has 1 fully saturated rings. The third kappa shape index (κ3) is 5.54. The van der Waals surface area contributed by atoms with Crippen LogP contribution in [0, 0.1) is 11.6 Å². The van der Waals surface area contributed by atoms with Crippen LogP contribution < -0.4 is 10.4 Å². The molecule has 1 atom stereocenters. The molecule has 190 valence electrons. The van der Waals surface area contributed by atoms with Crippen molar-refractivity contribution in [2.45, 2.75) is 19.1 Å². The lowest BCUT2D eigenvalue weighted by Crippen LogP contribution is -2.52. The lowest BCUT2D eigenvalue weighted by molar-refractivity contribution is -0.140. The van der Waals surface area contributed by atoms with Gasteiger partial charge in [0.2, 0.25) is 0 Å². The average Bonchev–Trinajstić information content (AvgIpc) is 2.90. The molecule has 0 saturated carbocycles. The van der Waals surface area contributed by atoms with Gasteiger partial charge in [0.1, 0.15) is 23.0 Å². The molecule has 8 heteroatoms. The predicted molar refractivity (Wildman–Crippen MR) is 135 cm³/mol. The smallest absolute Gasteiger partial charge is 0.336 e. The first-order chi connectivity index (χ1) is 17.9. The first-order valence-electron chi connectivity index (χ1n) is 12.1. The summed E-state index contributed by atoms with van der Waals surface area (Å²) in [5, 5.41) is 0.763. The maximum atomic E-state index is 13.6. The van der Waals surface area contributed by atoms with Crippen LogP contribution in [0.3, 0.4) is 0 Å². The van der Waals surface area contributed by atoms with E-state index in [0.717, 1.165) is 16.5 Å². The van der Waals surface area contributed by atoms with E-state index < -0.39 is 11.7 Å². The highest BCUT2D eigenvalue weighted by Gasteiger charge is 2.30. The summed E-state index contributed by atoms with van der Waals surface area (Å²) >= 11 is 0. The Hall–Kier alpha value is -4.04. The van der Waals surface area contributed by atoms with Gasteiger partial charge in [-0.2, -0.15) is 0 Å². The van der Waals surface area contributed by atoms with Crippen LogP contribution in [0.2, 0.25) is 0 Å². The van der Waals surface area contributed by atoms with Gasteiger partial charge in [-0.05, 0) is 60.5 Å². The van der Waals surface area contributed by atoms with Gasteiger partial charge in [-0.1, -0.05) is 24.3 Å². The maximum absolute atomic E-state index is 13.6. The molecule has 5 rings (SSSR count). The molecule has 37 heavy (non-hydrogen) atoms. The monoisotopic (exact) mass is 504 g/mol. The molecule has 6 nitrogen and oxygen atoms in total. The lowest BCUT2D eigenvalue weighted by Gasteiger charge is -2.40. The number of amides is 1. The van der Waals surface area contributed by atoms with Crippen molar-refractivity contribution in [3.8, 4) is 5.75 Å². The minimum Gasteiger partial charge on any atom is -0.481 e. The Morgan fingerprint density at radius 2 is 1.41 bits per heavy atom. The molecule has 0 N–H and O–H groups in total. The number of carbonyl (C=O) groups is 1. The zero-order valence-electron chi connectivity index (χ0n) is 20.3. The van der Waals surface area contributed by atoms with Gasteiger partial charge >= 0.3 is 5.63 Å². The average molecular weight is 505 g/mol. The summed E-state index contributed by atoms with van der Waals surface area (Å²) in [6.45, 7) is 3.83. The molecule has 1 amide bonds. The van der Waals surface area contributed by atoms with E-state index in [2.05, 4.69) is 4.90 Å². The molecule has 0 radical (unpaired) electrons. The van der Waals surface area contributed by atoms with Crippen LogP contribution in [0.4, 0.5) is 8.78 Å². The molecule has 1 aliphatic heterocycles. The van der Waals surface area contributed by atoms with Crippen molar-refractivity contribution >= 4 is 16.9 Å². The number of hydrogen-bond acceptors (Lipinski definition) is 5. The molecule has 0 unspecified atom stereocenters. The van der Waals surface area contributed by atoms with Gasteiger partial charge in [-0.25, -0.2) is 13.6 Å². The number of ether oxygens (including phenoxy) is 1. The Kier molecular flexibility index (Phi) is 7.01. The molecule has 4 aromatic rings. The third-order valence-electron chi connectivity index (χ3n) is 6.62. The number of rotatable bonds is 6. The highest BCUT2D eigenvalue weighted by molar-refractivity contribution is 5.81. The Labute approximate surface area is 212 Å². The van der Waals surface area contributed by atoms with Crippen LogP contribution in [0.15, 0.2) is 88.1 Å². The minimum absolute atomic E-state index is 0.144. The second-order valence-corrected chi connectivity index (χ2v) is 9.08. The van der Waals surface area contributed by atoms with Gasteiger partial charge in [0.15, 0.2) is 6.10 Å². The van der Waals surface area contributed by atoms with E-state index in [0.29, 0.717) is 37.5 Å². The third-order valence-corrected chi connectivity index (χ3v) is 6.62. The summed E-state index contributed by atoms with van der Waals surface area (Å²) in [7, 11) is 0. The van der Waals surface area contributed by atoms with Gasteiger partial charge in [0.25, 0.3) is 5.91 Å². The maximum Gasteiger partial charge on any atom is 0.336 e. The molecule has 0 aliphatic carbocycles. The molecular weight excluding hydrogens is 478 g/mol. The topological polar surface area (TPSA) is 63.0 Å². The molecule has 1 saturated heterocycles. The summed E-state index contributed by atoms with van der Waals surface area (Å²) in [5.41, 5.74) is 1.73. The molecular formula is C29H26F2N2O4. The van der Waals surface area contributed by atoms with Crippen molar-refractivity contribution in [1.82, 2.24) is 9.80 Å². The number of fused-ring (bicyclic) bond motifs is 1. The fraction of sp³-hybridized carbons (Fsp3) is 0.241. The van der Waals surface area contributed by atoms with E-state index in [-0.39, 0.29) is 23.6 Å². The van der Waals surface area contributed by atoms with E-state index in [1.807, 2.05) is 0 Å². The largest absolute Gasteiger partial charge is 0.481 e. The quantitative estimate of drug-likeness (QED) is 0.354. The van der Waals surface area contributed by atoms with Crippen LogP contribution in [-0.4, -0.2) is 48.0 Å². The lowest BCUT2D eigenvalue weighted by atomic mass is 9.96. The van der Waals surface area contributed by atoms with E-state index in [4.69, 9.17) is 9.15 Å². The van der Waals surface area contributed by atoms with E-state index in [1.165, 1.54) is 30.3 Å². The molecule has 1 aromatic heterocycles. The summed E-state index contributed by atoms with van der Waals surface area (Å²) < 4.78 is 38.2. The number of piperazine rings is 1. The van der Waals surface area contributed by atoms with Crippen LogP contribution in [0.1, 0.15) is 24.1 Å². The first kappa shape index (κ1) is 24.6. The van der Waals surface area contributed by atoms with Crippen molar-refractivity contribution in [1.29, 1.82) is 0 Å². The zero-order chi connectivity index (χ0) is 25.9. The highest BCUT2D eigenvalue weighted by Crippen LogP contribution is 2.30. The fourth-order valence-electron chi connectivity index (χ4n) is 4.73. The van der Waals surface area contributed by atoms with Gasteiger partial charge in [-0.3, -0.25) is 9.69 Å². The number of nitrogens with zero attached hydrogens (tertiary/aromatic N) is 2. The zero-order valence-corrected chi connectivity index (χ0v) is 20.3. The fourth-order valence-corrected chi connectivity index (χ4v) is 4.73. The van der Waals surface area contributed by atoms with E-state index >= 15 is 0 Å². The van der Waals surface area contributed by atoms with E-state index in [1.54, 1.807) is 60.4 Å². The van der Waals surface area contributed by atoms with Crippen LogP contribution in [0.25, 0.3) is 11.0 Å². The highest BCUT2D eigenvalue weighted by atomic mass is 19.1. The van der Waals surface area contributed by atoms with Crippen molar-refractivity contribution in [2.75, 3.05) is 26.2 Å². The summed E-state index contributed by atoms with van der Waals surface area (Å²) in [6.07, 6.45) is -0.732. The molecule has 1 aliphatic rings. The molecule has 0 bridgehead atoms. The van der Waals surface area contributed by atoms with Crippen LogP contribution >= 0.6 is 0 Å². The van der Waals surface area contributed by atoms with E-state index in [9.17, 15) is 18.4 Å². The van der Waals surface area contributed by atoms with Gasteiger partial charge in [0.05, 0.1) is 6.04 Å². The number of carbonyl (C=O) groups excluding carboxylic acids is 1.